The number of nitrogens with two attached hydrogens (primary N) is 1. The third kappa shape index (κ3) is 4.45. The SMILES string of the molecule is Nc1cccc(C(=O)Nc2nc3cc(C(=O)N4CCCCC4)cnc3n2Cc2ccccn2)c1. The van der Waals surface area contributed by atoms with Gasteiger partial charge in [0.25, 0.3) is 11.8 Å². The maximum atomic E-state index is 13.0. The molecule has 172 valence electrons. The first-order valence-electron chi connectivity index (χ1n) is 11.3. The fourth-order valence-electron chi connectivity index (χ4n) is 4.16. The quantitative estimate of drug-likeness (QED) is 0.446. The first kappa shape index (κ1) is 21.6. The molecule has 1 aromatic carbocycles. The zero-order valence-electron chi connectivity index (χ0n) is 18.6. The van der Waals surface area contributed by atoms with Gasteiger partial charge in [0.15, 0.2) is 5.65 Å². The van der Waals surface area contributed by atoms with E-state index >= 15 is 0 Å². The van der Waals surface area contributed by atoms with E-state index in [-0.39, 0.29) is 11.8 Å². The second-order valence-corrected chi connectivity index (χ2v) is 8.34. The summed E-state index contributed by atoms with van der Waals surface area (Å²) in [7, 11) is 0. The van der Waals surface area contributed by atoms with Crippen LogP contribution >= 0.6 is 0 Å². The standard InChI is InChI=1S/C25H25N7O2/c26-19-8-6-7-17(13-19)23(33)30-25-29-21-14-18(24(34)31-11-4-1-5-12-31)15-28-22(21)32(25)16-20-9-2-3-10-27-20/h2-3,6-10,13-15H,1,4-5,11-12,16,26H2,(H,29,30,33). The van der Waals surface area contributed by atoms with Gasteiger partial charge in [-0.1, -0.05) is 12.1 Å². The van der Waals surface area contributed by atoms with Crippen molar-refractivity contribution in [3.8, 4) is 0 Å². The van der Waals surface area contributed by atoms with E-state index in [2.05, 4.69) is 20.3 Å². The van der Waals surface area contributed by atoms with Crippen LogP contribution in [0.2, 0.25) is 0 Å². The summed E-state index contributed by atoms with van der Waals surface area (Å²) < 4.78 is 1.79. The van der Waals surface area contributed by atoms with E-state index in [1.807, 2.05) is 23.1 Å². The maximum Gasteiger partial charge on any atom is 0.258 e. The summed E-state index contributed by atoms with van der Waals surface area (Å²) in [6.07, 6.45) is 6.47. The molecule has 2 amide bonds. The Balaban J connectivity index is 1.51. The first-order valence-corrected chi connectivity index (χ1v) is 11.3. The third-order valence-corrected chi connectivity index (χ3v) is 5.90. The molecule has 4 aromatic rings. The molecule has 0 aliphatic carbocycles. The number of piperidine rings is 1. The molecule has 0 bridgehead atoms. The number of hydrogen-bond donors (Lipinski definition) is 2. The average Bonchev–Trinajstić information content (AvgIpc) is 3.20. The molecule has 0 radical (unpaired) electrons. The molecule has 5 rings (SSSR count). The van der Waals surface area contributed by atoms with Crippen molar-refractivity contribution in [2.45, 2.75) is 25.8 Å². The van der Waals surface area contributed by atoms with E-state index in [4.69, 9.17) is 5.73 Å². The number of carbonyl (C=O) groups excluding carboxylic acids is 2. The Morgan fingerprint density at radius 3 is 2.59 bits per heavy atom. The molecule has 0 unspecified atom stereocenters. The fourth-order valence-corrected chi connectivity index (χ4v) is 4.16. The number of fused-ring (bicyclic) bond motifs is 1. The molecule has 3 N–H and O–H groups in total. The number of benzene rings is 1. The zero-order chi connectivity index (χ0) is 23.5. The topological polar surface area (TPSA) is 119 Å². The van der Waals surface area contributed by atoms with Crippen molar-refractivity contribution < 1.29 is 9.59 Å². The van der Waals surface area contributed by atoms with Gasteiger partial charge in [0.05, 0.1) is 17.8 Å². The van der Waals surface area contributed by atoms with Crippen molar-refractivity contribution in [3.63, 3.8) is 0 Å². The van der Waals surface area contributed by atoms with E-state index in [0.29, 0.717) is 40.5 Å². The predicted molar refractivity (Wildman–Crippen MR) is 129 cm³/mol. The highest BCUT2D eigenvalue weighted by atomic mass is 16.2. The van der Waals surface area contributed by atoms with Gasteiger partial charge < -0.3 is 10.6 Å². The van der Waals surface area contributed by atoms with Crippen molar-refractivity contribution in [2.75, 3.05) is 24.1 Å². The first-order chi connectivity index (χ1) is 16.6. The lowest BCUT2D eigenvalue weighted by molar-refractivity contribution is 0.0724. The summed E-state index contributed by atoms with van der Waals surface area (Å²) in [5, 5.41) is 2.87. The minimum absolute atomic E-state index is 0.0428. The average molecular weight is 456 g/mol. The number of anilines is 2. The number of carbonyl (C=O) groups is 2. The van der Waals surface area contributed by atoms with Crippen molar-refractivity contribution in [3.05, 3.63) is 77.7 Å². The van der Waals surface area contributed by atoms with Crippen LogP contribution in [0.4, 0.5) is 11.6 Å². The third-order valence-electron chi connectivity index (χ3n) is 5.90. The Morgan fingerprint density at radius 2 is 1.82 bits per heavy atom. The van der Waals surface area contributed by atoms with Crippen molar-refractivity contribution >= 4 is 34.6 Å². The lowest BCUT2D eigenvalue weighted by Crippen LogP contribution is -2.35. The lowest BCUT2D eigenvalue weighted by Gasteiger charge is -2.26. The van der Waals surface area contributed by atoms with E-state index < -0.39 is 0 Å². The molecular weight excluding hydrogens is 430 g/mol. The van der Waals surface area contributed by atoms with Crippen molar-refractivity contribution in [2.24, 2.45) is 0 Å². The zero-order valence-corrected chi connectivity index (χ0v) is 18.6. The van der Waals surface area contributed by atoms with Crippen LogP contribution in [-0.2, 0) is 6.54 Å². The molecule has 1 fully saturated rings. The van der Waals surface area contributed by atoms with Crippen LogP contribution in [0.25, 0.3) is 11.2 Å². The molecule has 0 atom stereocenters. The van der Waals surface area contributed by atoms with Crippen LogP contribution in [0.5, 0.6) is 0 Å². The molecule has 9 nitrogen and oxygen atoms in total. The van der Waals surface area contributed by atoms with Gasteiger partial charge in [0.1, 0.15) is 5.52 Å². The van der Waals surface area contributed by atoms with Gasteiger partial charge in [-0.2, -0.15) is 0 Å². The number of amides is 2. The number of likely N-dealkylation sites (tertiary alicyclic amines) is 1. The Hall–Kier alpha value is -4.27. The summed E-state index contributed by atoms with van der Waals surface area (Å²) in [5.74, 6) is -0.0589. The molecular formula is C25H25N7O2. The van der Waals surface area contributed by atoms with Crippen LogP contribution in [-0.4, -0.2) is 49.3 Å². The largest absolute Gasteiger partial charge is 0.399 e. The molecule has 1 saturated heterocycles. The van der Waals surface area contributed by atoms with Gasteiger partial charge >= 0.3 is 0 Å². The molecule has 1 aliphatic heterocycles. The Morgan fingerprint density at radius 1 is 0.971 bits per heavy atom. The number of nitrogens with one attached hydrogen (secondary N) is 1. The van der Waals surface area contributed by atoms with Crippen LogP contribution in [0.3, 0.4) is 0 Å². The van der Waals surface area contributed by atoms with Gasteiger partial charge in [0, 0.05) is 36.7 Å². The van der Waals surface area contributed by atoms with Gasteiger partial charge in [0.2, 0.25) is 5.95 Å². The van der Waals surface area contributed by atoms with Crippen LogP contribution < -0.4 is 11.1 Å². The number of pyridine rings is 2. The van der Waals surface area contributed by atoms with E-state index in [0.717, 1.165) is 38.0 Å². The Bertz CT molecular complexity index is 1340. The molecule has 4 heterocycles. The second-order valence-electron chi connectivity index (χ2n) is 8.34. The van der Waals surface area contributed by atoms with Crippen LogP contribution in [0.1, 0.15) is 45.7 Å². The Labute approximate surface area is 196 Å². The summed E-state index contributed by atoms with van der Waals surface area (Å²) >= 11 is 0. The molecule has 0 saturated carbocycles. The number of nitrogens with zero attached hydrogens (tertiary/aromatic N) is 5. The molecule has 3 aromatic heterocycles. The van der Waals surface area contributed by atoms with Crippen molar-refractivity contribution in [1.29, 1.82) is 0 Å². The molecule has 9 heteroatoms. The number of nitrogen functional groups attached to an aromatic ring is 1. The number of aromatic nitrogens is 4. The van der Waals surface area contributed by atoms with E-state index in [1.165, 1.54) is 0 Å². The molecule has 0 spiro atoms. The lowest BCUT2D eigenvalue weighted by atomic mass is 10.1. The van der Waals surface area contributed by atoms with Gasteiger partial charge in [-0.25, -0.2) is 9.97 Å². The highest BCUT2D eigenvalue weighted by molar-refractivity contribution is 6.04. The molecule has 1 aliphatic rings. The van der Waals surface area contributed by atoms with Gasteiger partial charge in [-0.05, 0) is 55.7 Å². The number of hydrogen-bond acceptors (Lipinski definition) is 6. The summed E-state index contributed by atoms with van der Waals surface area (Å²) in [6, 6.07) is 14.1. The van der Waals surface area contributed by atoms with Gasteiger partial charge in [-0.3, -0.25) is 24.5 Å². The highest BCUT2D eigenvalue weighted by Crippen LogP contribution is 2.22. The van der Waals surface area contributed by atoms with E-state index in [9.17, 15) is 9.59 Å². The Kier molecular flexibility index (Phi) is 5.90. The fraction of sp³-hybridized carbons (Fsp3) is 0.240. The predicted octanol–water partition coefficient (Wildman–Crippen LogP) is 3.34. The number of rotatable bonds is 5. The van der Waals surface area contributed by atoms with Gasteiger partial charge in [-0.15, -0.1) is 0 Å². The summed E-state index contributed by atoms with van der Waals surface area (Å²) in [6.45, 7) is 1.87. The van der Waals surface area contributed by atoms with E-state index in [1.54, 1.807) is 47.3 Å². The van der Waals surface area contributed by atoms with Crippen LogP contribution in [0.15, 0.2) is 60.9 Å². The monoisotopic (exact) mass is 455 g/mol. The summed E-state index contributed by atoms with van der Waals surface area (Å²) in [4.78, 5) is 41.3. The number of imidazole rings is 1. The van der Waals surface area contributed by atoms with Crippen molar-refractivity contribution in [1.82, 2.24) is 24.4 Å². The highest BCUT2D eigenvalue weighted by Gasteiger charge is 2.21. The second kappa shape index (κ2) is 9.30. The maximum absolute atomic E-state index is 13.0. The smallest absolute Gasteiger partial charge is 0.258 e. The minimum atomic E-state index is -0.338. The minimum Gasteiger partial charge on any atom is -0.399 e. The summed E-state index contributed by atoms with van der Waals surface area (Å²) in [5.41, 5.74) is 9.12. The van der Waals surface area contributed by atoms with Crippen LogP contribution in [0, 0.1) is 0 Å². The normalized spacial score (nSPS) is 13.7. The molecule has 34 heavy (non-hydrogen) atoms.